The maximum Gasteiger partial charge on any atom is 3.00 e. The first-order valence-electron chi connectivity index (χ1n) is 7.45. The standard InChI is InChI=1S/C21H17.2ClH.Zr/c1-15-20(17-8-3-2-4-9-17)14-18-12-7-13-19(21(15)18)16-10-5-6-11-16;;;/h2-10,12-14H,11H2,1H3;2*1H;/q-1;;;+3/p-2. The van der Waals surface area contributed by atoms with Crippen LogP contribution in [0.1, 0.15) is 17.5 Å². The topological polar surface area (TPSA) is 0 Å². The van der Waals surface area contributed by atoms with E-state index in [1.807, 2.05) is 0 Å². The fraction of sp³-hybridized carbons (Fsp3) is 0.0952. The van der Waals surface area contributed by atoms with E-state index in [0.717, 1.165) is 6.42 Å². The number of allylic oxidation sites excluding steroid dienone is 4. The van der Waals surface area contributed by atoms with Crippen molar-refractivity contribution in [3.05, 3.63) is 84.0 Å². The molecule has 0 amide bonds. The van der Waals surface area contributed by atoms with Gasteiger partial charge in [0, 0.05) is 0 Å². The summed E-state index contributed by atoms with van der Waals surface area (Å²) in [5, 5.41) is 2.75. The van der Waals surface area contributed by atoms with E-state index in [4.69, 9.17) is 0 Å². The zero-order valence-corrected chi connectivity index (χ0v) is 17.4. The molecule has 3 heteroatoms. The fourth-order valence-corrected chi connectivity index (χ4v) is 3.34. The molecule has 0 bridgehead atoms. The Bertz CT molecular complexity index is 873. The summed E-state index contributed by atoms with van der Waals surface area (Å²) in [5.74, 6) is 0. The molecule has 0 saturated heterocycles. The van der Waals surface area contributed by atoms with Gasteiger partial charge in [0.15, 0.2) is 0 Å². The van der Waals surface area contributed by atoms with Crippen LogP contribution >= 0.6 is 0 Å². The number of hydrogen-bond donors (Lipinski definition) is 0. The molecule has 0 nitrogen and oxygen atoms in total. The van der Waals surface area contributed by atoms with E-state index in [2.05, 4.69) is 79.7 Å². The first kappa shape index (κ1) is 21.0. The smallest absolute Gasteiger partial charge is 1.00 e. The van der Waals surface area contributed by atoms with E-state index < -0.39 is 0 Å². The van der Waals surface area contributed by atoms with Crippen molar-refractivity contribution in [3.63, 3.8) is 0 Å². The number of rotatable bonds is 2. The Morgan fingerprint density at radius 3 is 2.33 bits per heavy atom. The normalized spacial score (nSPS) is 12.1. The van der Waals surface area contributed by atoms with Gasteiger partial charge >= 0.3 is 26.2 Å². The molecule has 119 valence electrons. The maximum atomic E-state index is 2.33. The molecule has 3 aromatic carbocycles. The van der Waals surface area contributed by atoms with Gasteiger partial charge in [-0.25, -0.2) is 0 Å². The number of aryl methyl sites for hydroxylation is 1. The SMILES string of the molecule is Cc1c(-c2ccccc2)[cH-]c2cccc(C3=CC=CC3)c12.[Cl-].[Cl-].[Zr+3]. The minimum atomic E-state index is 0. The van der Waals surface area contributed by atoms with Crippen molar-refractivity contribution in [3.8, 4) is 11.1 Å². The summed E-state index contributed by atoms with van der Waals surface area (Å²) in [7, 11) is 0. The summed E-state index contributed by atoms with van der Waals surface area (Å²) < 4.78 is 0. The van der Waals surface area contributed by atoms with Crippen LogP contribution in [0.2, 0.25) is 0 Å². The largest absolute Gasteiger partial charge is 3.00 e. The molecule has 1 aliphatic carbocycles. The Labute approximate surface area is 175 Å². The summed E-state index contributed by atoms with van der Waals surface area (Å²) in [4.78, 5) is 0. The third-order valence-corrected chi connectivity index (χ3v) is 4.38. The van der Waals surface area contributed by atoms with Gasteiger partial charge in [0.2, 0.25) is 0 Å². The minimum Gasteiger partial charge on any atom is -1.00 e. The van der Waals surface area contributed by atoms with Crippen LogP contribution in [0, 0.1) is 6.92 Å². The van der Waals surface area contributed by atoms with Crippen LogP contribution in [-0.2, 0) is 26.2 Å². The summed E-state index contributed by atoms with van der Waals surface area (Å²) >= 11 is 0. The molecule has 0 fully saturated rings. The molecule has 24 heavy (non-hydrogen) atoms. The molecule has 0 atom stereocenters. The van der Waals surface area contributed by atoms with Crippen LogP contribution in [0.5, 0.6) is 0 Å². The Morgan fingerprint density at radius 1 is 0.917 bits per heavy atom. The van der Waals surface area contributed by atoms with E-state index in [0.29, 0.717) is 0 Å². The summed E-state index contributed by atoms with van der Waals surface area (Å²) in [6.45, 7) is 2.25. The second kappa shape index (κ2) is 8.90. The second-order valence-electron chi connectivity index (χ2n) is 5.64. The maximum absolute atomic E-state index is 2.33. The minimum absolute atomic E-state index is 0. The quantitative estimate of drug-likeness (QED) is 0.497. The van der Waals surface area contributed by atoms with Gasteiger partial charge < -0.3 is 24.8 Å². The van der Waals surface area contributed by atoms with Crippen molar-refractivity contribution in [2.45, 2.75) is 13.3 Å². The van der Waals surface area contributed by atoms with Crippen LogP contribution < -0.4 is 24.8 Å². The molecule has 1 radical (unpaired) electrons. The average molecular weight is 431 g/mol. The van der Waals surface area contributed by atoms with E-state index in [1.165, 1.54) is 38.6 Å². The van der Waals surface area contributed by atoms with E-state index >= 15 is 0 Å². The third kappa shape index (κ3) is 3.64. The number of hydrogen-bond acceptors (Lipinski definition) is 0. The van der Waals surface area contributed by atoms with E-state index in [9.17, 15) is 0 Å². The van der Waals surface area contributed by atoms with Gasteiger partial charge in [-0.2, -0.15) is 0 Å². The third-order valence-electron chi connectivity index (χ3n) is 4.38. The molecule has 0 saturated carbocycles. The zero-order chi connectivity index (χ0) is 14.2. The molecule has 0 aromatic heterocycles. The first-order chi connectivity index (χ1) is 10.3. The van der Waals surface area contributed by atoms with Crippen LogP contribution in [0.3, 0.4) is 0 Å². The van der Waals surface area contributed by atoms with E-state index in [-0.39, 0.29) is 51.0 Å². The molecule has 0 N–H and O–H groups in total. The van der Waals surface area contributed by atoms with Crippen LogP contribution in [-0.4, -0.2) is 0 Å². The summed E-state index contributed by atoms with van der Waals surface area (Å²) in [6.07, 6.45) is 7.67. The van der Waals surface area contributed by atoms with Gasteiger partial charge in [-0.1, -0.05) is 78.7 Å². The Hall–Kier alpha value is -1.01. The van der Waals surface area contributed by atoms with E-state index in [1.54, 1.807) is 0 Å². The average Bonchev–Trinajstić information content (AvgIpc) is 3.16. The second-order valence-corrected chi connectivity index (χ2v) is 5.64. The van der Waals surface area contributed by atoms with Crippen molar-refractivity contribution in [2.75, 3.05) is 0 Å². The first-order valence-corrected chi connectivity index (χ1v) is 7.45. The molecule has 0 aliphatic heterocycles. The molecule has 0 unspecified atom stereocenters. The summed E-state index contributed by atoms with van der Waals surface area (Å²) in [5.41, 5.74) is 6.85. The van der Waals surface area contributed by atoms with Gasteiger partial charge in [-0.15, -0.1) is 34.0 Å². The fourth-order valence-electron chi connectivity index (χ4n) is 3.34. The predicted molar refractivity (Wildman–Crippen MR) is 91.4 cm³/mol. The van der Waals surface area contributed by atoms with Crippen molar-refractivity contribution in [1.82, 2.24) is 0 Å². The predicted octanol–water partition coefficient (Wildman–Crippen LogP) is -0.117. The number of fused-ring (bicyclic) bond motifs is 1. The van der Waals surface area contributed by atoms with Gasteiger partial charge in [-0.05, 0) is 12.0 Å². The molecule has 4 rings (SSSR count). The van der Waals surface area contributed by atoms with Crippen LogP contribution in [0.15, 0.2) is 72.8 Å². The Morgan fingerprint density at radius 2 is 1.67 bits per heavy atom. The molecule has 0 spiro atoms. The van der Waals surface area contributed by atoms with Gasteiger partial charge in [0.1, 0.15) is 0 Å². The number of benzene rings is 2. The summed E-state index contributed by atoms with van der Waals surface area (Å²) in [6, 6.07) is 19.6. The molecular weight excluding hydrogens is 414 g/mol. The van der Waals surface area contributed by atoms with Gasteiger partial charge in [-0.3, -0.25) is 0 Å². The Kier molecular flexibility index (Phi) is 7.80. The monoisotopic (exact) mass is 429 g/mol. The molecule has 0 heterocycles. The Balaban J connectivity index is 0.000000960. The molecule has 3 aromatic rings. The number of halogens is 2. The molecular formula is C21H17Cl2Zr. The van der Waals surface area contributed by atoms with Crippen molar-refractivity contribution >= 4 is 16.3 Å². The van der Waals surface area contributed by atoms with Crippen LogP contribution in [0.25, 0.3) is 27.5 Å². The molecule has 1 aliphatic rings. The van der Waals surface area contributed by atoms with Gasteiger partial charge in [0.25, 0.3) is 0 Å². The van der Waals surface area contributed by atoms with Crippen molar-refractivity contribution < 1.29 is 51.0 Å². The van der Waals surface area contributed by atoms with Crippen LogP contribution in [0.4, 0.5) is 0 Å². The zero-order valence-electron chi connectivity index (χ0n) is 13.4. The van der Waals surface area contributed by atoms with Crippen molar-refractivity contribution in [2.24, 2.45) is 0 Å². The van der Waals surface area contributed by atoms with Gasteiger partial charge in [0.05, 0.1) is 0 Å². The van der Waals surface area contributed by atoms with Crippen molar-refractivity contribution in [1.29, 1.82) is 0 Å².